The summed E-state index contributed by atoms with van der Waals surface area (Å²) in [6, 6.07) is 0.0477. The zero-order valence-corrected chi connectivity index (χ0v) is 10.5. The van der Waals surface area contributed by atoms with Gasteiger partial charge in [-0.2, -0.15) is 12.7 Å². The van der Waals surface area contributed by atoms with Crippen molar-refractivity contribution in [2.75, 3.05) is 19.7 Å². The van der Waals surface area contributed by atoms with Crippen LogP contribution in [0.5, 0.6) is 0 Å². The van der Waals surface area contributed by atoms with Crippen LogP contribution in [0.4, 0.5) is 0 Å². The Kier molecular flexibility index (Phi) is 3.84. The summed E-state index contributed by atoms with van der Waals surface area (Å²) in [6.45, 7) is 3.25. The Morgan fingerprint density at radius 3 is 2.88 bits per heavy atom. The molecule has 6 heteroatoms. The van der Waals surface area contributed by atoms with Crippen molar-refractivity contribution in [3.05, 3.63) is 0 Å². The van der Waals surface area contributed by atoms with Gasteiger partial charge in [0.15, 0.2) is 0 Å². The number of ether oxygens (including phenoxy) is 1. The quantitative estimate of drug-likeness (QED) is 0.790. The average Bonchev–Trinajstić information content (AvgIpc) is 2.28. The lowest BCUT2D eigenvalue weighted by Crippen LogP contribution is -2.57. The van der Waals surface area contributed by atoms with Gasteiger partial charge in [0.05, 0.1) is 18.8 Å². The van der Waals surface area contributed by atoms with Gasteiger partial charge < -0.3 is 4.74 Å². The SMILES string of the molecule is CCNS(=O)(=O)N1CCOC2CCCCC21. The van der Waals surface area contributed by atoms with Crippen LogP contribution in [0.25, 0.3) is 0 Å². The van der Waals surface area contributed by atoms with E-state index in [-0.39, 0.29) is 12.1 Å². The second-order valence-corrected chi connectivity index (χ2v) is 6.08. The molecule has 0 aromatic heterocycles. The third kappa shape index (κ3) is 2.40. The van der Waals surface area contributed by atoms with Crippen molar-refractivity contribution in [1.82, 2.24) is 9.03 Å². The summed E-state index contributed by atoms with van der Waals surface area (Å²) in [5.41, 5.74) is 0. The maximum Gasteiger partial charge on any atom is 0.279 e. The summed E-state index contributed by atoms with van der Waals surface area (Å²) in [7, 11) is -3.30. The van der Waals surface area contributed by atoms with E-state index < -0.39 is 10.2 Å². The largest absolute Gasteiger partial charge is 0.375 e. The number of rotatable bonds is 3. The van der Waals surface area contributed by atoms with Crippen LogP contribution in [-0.4, -0.2) is 44.6 Å². The first-order chi connectivity index (χ1) is 7.65. The molecule has 0 radical (unpaired) electrons. The van der Waals surface area contributed by atoms with Crippen LogP contribution in [0.2, 0.25) is 0 Å². The van der Waals surface area contributed by atoms with Crippen molar-refractivity contribution in [3.63, 3.8) is 0 Å². The van der Waals surface area contributed by atoms with E-state index >= 15 is 0 Å². The number of hydrogen-bond acceptors (Lipinski definition) is 3. The van der Waals surface area contributed by atoms with E-state index in [9.17, 15) is 8.42 Å². The maximum absolute atomic E-state index is 12.0. The molecule has 5 nitrogen and oxygen atoms in total. The lowest BCUT2D eigenvalue weighted by molar-refractivity contribution is -0.0589. The molecule has 1 saturated carbocycles. The van der Waals surface area contributed by atoms with Gasteiger partial charge in [-0.15, -0.1) is 0 Å². The van der Waals surface area contributed by atoms with E-state index in [1.165, 1.54) is 0 Å². The van der Waals surface area contributed by atoms with Gasteiger partial charge in [-0.05, 0) is 12.8 Å². The van der Waals surface area contributed by atoms with Crippen molar-refractivity contribution < 1.29 is 13.2 Å². The van der Waals surface area contributed by atoms with Crippen LogP contribution in [0.3, 0.4) is 0 Å². The first kappa shape index (κ1) is 12.3. The van der Waals surface area contributed by atoms with Crippen LogP contribution in [0.15, 0.2) is 0 Å². The highest BCUT2D eigenvalue weighted by Gasteiger charge is 2.39. The highest BCUT2D eigenvalue weighted by molar-refractivity contribution is 7.87. The summed E-state index contributed by atoms with van der Waals surface area (Å²) < 4.78 is 33.8. The van der Waals surface area contributed by atoms with Crippen LogP contribution in [0, 0.1) is 0 Å². The Labute approximate surface area is 97.3 Å². The number of morpholine rings is 1. The van der Waals surface area contributed by atoms with Gasteiger partial charge in [-0.3, -0.25) is 0 Å². The van der Waals surface area contributed by atoms with Gasteiger partial charge in [0.1, 0.15) is 0 Å². The van der Waals surface area contributed by atoms with Gasteiger partial charge in [-0.1, -0.05) is 19.8 Å². The standard InChI is InChI=1S/C10H20N2O3S/c1-2-11-16(13,14)12-7-8-15-10-6-4-3-5-9(10)12/h9-11H,2-8H2,1H3. The third-order valence-corrected chi connectivity index (χ3v) is 5.04. The first-order valence-corrected chi connectivity index (χ1v) is 7.47. The molecule has 2 fully saturated rings. The number of fused-ring (bicyclic) bond motifs is 1. The normalized spacial score (nSPS) is 32.3. The fraction of sp³-hybridized carbons (Fsp3) is 1.00. The molecule has 1 aliphatic carbocycles. The summed E-state index contributed by atoms with van der Waals surface area (Å²) in [4.78, 5) is 0. The summed E-state index contributed by atoms with van der Waals surface area (Å²) >= 11 is 0. The second kappa shape index (κ2) is 5.00. The van der Waals surface area contributed by atoms with E-state index in [4.69, 9.17) is 4.74 Å². The van der Waals surface area contributed by atoms with Gasteiger partial charge in [-0.25, -0.2) is 4.72 Å². The van der Waals surface area contributed by atoms with Gasteiger partial charge in [0, 0.05) is 13.1 Å². The zero-order chi connectivity index (χ0) is 11.6. The molecule has 94 valence electrons. The van der Waals surface area contributed by atoms with Crippen LogP contribution in [0.1, 0.15) is 32.6 Å². The Morgan fingerprint density at radius 2 is 2.12 bits per heavy atom. The van der Waals surface area contributed by atoms with Gasteiger partial charge in [0.2, 0.25) is 0 Å². The predicted octanol–water partition coefficient (Wildman–Crippen LogP) is 0.484. The van der Waals surface area contributed by atoms with Crippen molar-refractivity contribution in [3.8, 4) is 0 Å². The molecule has 2 atom stereocenters. The molecule has 1 aliphatic heterocycles. The topological polar surface area (TPSA) is 58.6 Å². The highest BCUT2D eigenvalue weighted by atomic mass is 32.2. The van der Waals surface area contributed by atoms with Crippen molar-refractivity contribution in [2.45, 2.75) is 44.8 Å². The highest BCUT2D eigenvalue weighted by Crippen LogP contribution is 2.29. The Hall–Kier alpha value is -0.170. The maximum atomic E-state index is 12.0. The molecular formula is C10H20N2O3S. The Morgan fingerprint density at radius 1 is 1.38 bits per heavy atom. The smallest absolute Gasteiger partial charge is 0.279 e. The van der Waals surface area contributed by atoms with E-state index in [2.05, 4.69) is 4.72 Å². The Bertz CT molecular complexity index is 329. The van der Waals surface area contributed by atoms with E-state index in [1.807, 2.05) is 0 Å². The zero-order valence-electron chi connectivity index (χ0n) is 9.68. The minimum absolute atomic E-state index is 0.0477. The summed E-state index contributed by atoms with van der Waals surface area (Å²) in [6.07, 6.45) is 4.27. The minimum atomic E-state index is -3.30. The monoisotopic (exact) mass is 248 g/mol. The number of hydrogen-bond donors (Lipinski definition) is 1. The fourth-order valence-electron chi connectivity index (χ4n) is 2.62. The predicted molar refractivity (Wildman–Crippen MR) is 61.3 cm³/mol. The molecule has 16 heavy (non-hydrogen) atoms. The van der Waals surface area contributed by atoms with Crippen molar-refractivity contribution in [1.29, 1.82) is 0 Å². The van der Waals surface area contributed by atoms with E-state index in [1.54, 1.807) is 11.2 Å². The summed E-state index contributed by atoms with van der Waals surface area (Å²) in [5.74, 6) is 0. The molecule has 1 N–H and O–H groups in total. The van der Waals surface area contributed by atoms with Crippen LogP contribution >= 0.6 is 0 Å². The minimum Gasteiger partial charge on any atom is -0.375 e. The lowest BCUT2D eigenvalue weighted by atomic mass is 9.91. The first-order valence-electron chi connectivity index (χ1n) is 6.03. The molecule has 0 aromatic carbocycles. The third-order valence-electron chi connectivity index (χ3n) is 3.32. The molecular weight excluding hydrogens is 228 g/mol. The fourth-order valence-corrected chi connectivity index (χ4v) is 4.07. The molecule has 2 aliphatic rings. The number of nitrogens with one attached hydrogen (secondary N) is 1. The van der Waals surface area contributed by atoms with Crippen LogP contribution in [-0.2, 0) is 14.9 Å². The van der Waals surface area contributed by atoms with Crippen molar-refractivity contribution >= 4 is 10.2 Å². The van der Waals surface area contributed by atoms with E-state index in [0.29, 0.717) is 19.7 Å². The molecule has 0 spiro atoms. The molecule has 0 aromatic rings. The average molecular weight is 248 g/mol. The van der Waals surface area contributed by atoms with Gasteiger partial charge in [0.25, 0.3) is 10.2 Å². The van der Waals surface area contributed by atoms with E-state index in [0.717, 1.165) is 25.7 Å². The number of nitrogens with zero attached hydrogens (tertiary/aromatic N) is 1. The van der Waals surface area contributed by atoms with Crippen LogP contribution < -0.4 is 4.72 Å². The lowest BCUT2D eigenvalue weighted by Gasteiger charge is -2.42. The molecule has 1 heterocycles. The van der Waals surface area contributed by atoms with Crippen molar-refractivity contribution in [2.24, 2.45) is 0 Å². The van der Waals surface area contributed by atoms with Gasteiger partial charge >= 0.3 is 0 Å². The molecule has 2 rings (SSSR count). The molecule has 2 unspecified atom stereocenters. The molecule has 1 saturated heterocycles. The second-order valence-electron chi connectivity index (χ2n) is 4.37. The summed E-state index contributed by atoms with van der Waals surface area (Å²) in [5, 5.41) is 0. The Balaban J connectivity index is 2.13. The molecule has 0 bridgehead atoms. The molecule has 0 amide bonds.